The van der Waals surface area contributed by atoms with Crippen LogP contribution in [0.4, 0.5) is 4.39 Å². The Bertz CT molecular complexity index is 571. The highest BCUT2D eigenvalue weighted by atomic mass is 32.1. The van der Waals surface area contributed by atoms with Crippen molar-refractivity contribution in [2.75, 3.05) is 13.6 Å². The fourth-order valence-electron chi connectivity index (χ4n) is 2.13. The third-order valence-electron chi connectivity index (χ3n) is 3.09. The summed E-state index contributed by atoms with van der Waals surface area (Å²) in [5.41, 5.74) is 2.95. The van der Waals surface area contributed by atoms with Crippen LogP contribution in [-0.2, 0) is 6.54 Å². The van der Waals surface area contributed by atoms with E-state index in [2.05, 4.69) is 4.98 Å². The first-order valence-electron chi connectivity index (χ1n) is 6.42. The van der Waals surface area contributed by atoms with Gasteiger partial charge in [-0.15, -0.1) is 11.3 Å². The number of rotatable bonds is 6. The van der Waals surface area contributed by atoms with E-state index in [-0.39, 0.29) is 17.3 Å². The predicted molar refractivity (Wildman–Crippen MR) is 78.3 cm³/mol. The Kier molecular flexibility index (Phi) is 4.98. The average molecular weight is 292 g/mol. The quantitative estimate of drug-likeness (QED) is 0.766. The van der Waals surface area contributed by atoms with Gasteiger partial charge < -0.3 is 0 Å². The van der Waals surface area contributed by atoms with Crippen molar-refractivity contribution in [3.8, 4) is 0 Å². The van der Waals surface area contributed by atoms with E-state index in [1.807, 2.05) is 24.3 Å². The minimum absolute atomic E-state index is 0.159. The molecule has 1 atom stereocenters. The van der Waals surface area contributed by atoms with E-state index in [0.717, 1.165) is 5.69 Å². The van der Waals surface area contributed by atoms with Crippen LogP contribution >= 0.6 is 11.3 Å². The average Bonchev–Trinajstić information content (AvgIpc) is 2.91. The molecule has 1 aromatic carbocycles. The molecule has 0 fully saturated rings. The second kappa shape index (κ2) is 6.72. The summed E-state index contributed by atoms with van der Waals surface area (Å²) in [7, 11) is 1.93. The molecular formula is C15H17FN2OS. The third kappa shape index (κ3) is 3.71. The summed E-state index contributed by atoms with van der Waals surface area (Å²) in [5, 5.41) is 1.99. The summed E-state index contributed by atoms with van der Waals surface area (Å²) in [4.78, 5) is 18.5. The zero-order chi connectivity index (χ0) is 14.5. The summed E-state index contributed by atoms with van der Waals surface area (Å²) in [6.07, 6.45) is 0. The van der Waals surface area contributed by atoms with Crippen molar-refractivity contribution < 1.29 is 9.18 Å². The van der Waals surface area contributed by atoms with Crippen LogP contribution in [0.5, 0.6) is 0 Å². The molecule has 1 aromatic heterocycles. The molecule has 1 heterocycles. The topological polar surface area (TPSA) is 33.2 Å². The van der Waals surface area contributed by atoms with Crippen molar-refractivity contribution in [2.45, 2.75) is 13.5 Å². The lowest BCUT2D eigenvalue weighted by Gasteiger charge is -2.19. The van der Waals surface area contributed by atoms with Gasteiger partial charge in [-0.25, -0.2) is 9.37 Å². The van der Waals surface area contributed by atoms with Crippen molar-refractivity contribution in [3.63, 3.8) is 0 Å². The first-order chi connectivity index (χ1) is 9.58. The molecule has 0 bridgehead atoms. The van der Waals surface area contributed by atoms with Gasteiger partial charge in [0.15, 0.2) is 5.78 Å². The minimum Gasteiger partial charge on any atom is -0.300 e. The molecule has 0 saturated heterocycles. The van der Waals surface area contributed by atoms with Gasteiger partial charge in [0.2, 0.25) is 0 Å². The number of hydrogen-bond acceptors (Lipinski definition) is 4. The molecule has 0 aliphatic rings. The van der Waals surface area contributed by atoms with Crippen molar-refractivity contribution in [1.82, 2.24) is 9.88 Å². The molecule has 0 amide bonds. The summed E-state index contributed by atoms with van der Waals surface area (Å²) in [6.45, 7) is 3.09. The van der Waals surface area contributed by atoms with Crippen LogP contribution < -0.4 is 0 Å². The molecule has 0 saturated carbocycles. The molecule has 0 N–H and O–H groups in total. The molecule has 106 valence electrons. The van der Waals surface area contributed by atoms with Crippen LogP contribution in [0.1, 0.15) is 23.0 Å². The number of aromatic nitrogens is 1. The van der Waals surface area contributed by atoms with Crippen LogP contribution in [0.15, 0.2) is 35.2 Å². The molecule has 20 heavy (non-hydrogen) atoms. The van der Waals surface area contributed by atoms with E-state index in [4.69, 9.17) is 0 Å². The van der Waals surface area contributed by atoms with Crippen molar-refractivity contribution in [2.24, 2.45) is 5.92 Å². The predicted octanol–water partition coefficient (Wildman–Crippen LogP) is 3.23. The number of thiazole rings is 1. The van der Waals surface area contributed by atoms with Crippen LogP contribution in [-0.4, -0.2) is 29.3 Å². The maximum atomic E-state index is 13.6. The normalized spacial score (nSPS) is 12.6. The van der Waals surface area contributed by atoms with E-state index in [1.165, 1.54) is 12.1 Å². The fraction of sp³-hybridized carbons (Fsp3) is 0.333. The number of carbonyl (C=O) groups excluding carboxylic acids is 1. The van der Waals surface area contributed by atoms with E-state index < -0.39 is 5.82 Å². The largest absolute Gasteiger partial charge is 0.300 e. The second-order valence-corrected chi connectivity index (χ2v) is 5.64. The number of nitrogens with zero attached hydrogens (tertiary/aromatic N) is 2. The highest BCUT2D eigenvalue weighted by Gasteiger charge is 2.19. The SMILES string of the molecule is CC(CN(C)Cc1cscn1)C(=O)c1ccccc1F. The van der Waals surface area contributed by atoms with Crippen LogP contribution in [0.3, 0.4) is 0 Å². The fourth-order valence-corrected chi connectivity index (χ4v) is 2.68. The molecule has 5 heteroatoms. The van der Waals surface area contributed by atoms with E-state index >= 15 is 0 Å². The lowest BCUT2D eigenvalue weighted by atomic mass is 9.98. The zero-order valence-corrected chi connectivity index (χ0v) is 12.4. The minimum atomic E-state index is -0.452. The standard InChI is InChI=1S/C15H17FN2OS/c1-11(7-18(2)8-12-9-20-10-17-12)15(19)13-5-3-4-6-14(13)16/h3-6,9-11H,7-8H2,1-2H3. The molecule has 0 spiro atoms. The molecule has 3 nitrogen and oxygen atoms in total. The molecule has 0 radical (unpaired) electrons. The van der Waals surface area contributed by atoms with Gasteiger partial charge in [-0.3, -0.25) is 9.69 Å². The third-order valence-corrected chi connectivity index (χ3v) is 3.72. The highest BCUT2D eigenvalue weighted by molar-refractivity contribution is 7.07. The first-order valence-corrected chi connectivity index (χ1v) is 7.36. The number of carbonyl (C=O) groups is 1. The summed E-state index contributed by atoms with van der Waals surface area (Å²) >= 11 is 1.55. The summed E-state index contributed by atoms with van der Waals surface area (Å²) in [6, 6.07) is 6.13. The summed E-state index contributed by atoms with van der Waals surface area (Å²) < 4.78 is 13.6. The molecular weight excluding hydrogens is 275 g/mol. The molecule has 0 aliphatic heterocycles. The van der Waals surface area contributed by atoms with Crippen molar-refractivity contribution in [3.05, 3.63) is 52.2 Å². The smallest absolute Gasteiger partial charge is 0.169 e. The van der Waals surface area contributed by atoms with Gasteiger partial charge in [0.1, 0.15) is 5.82 Å². The molecule has 2 aromatic rings. The lowest BCUT2D eigenvalue weighted by Crippen LogP contribution is -2.29. The van der Waals surface area contributed by atoms with Gasteiger partial charge in [0, 0.05) is 24.4 Å². The monoisotopic (exact) mass is 292 g/mol. The highest BCUT2D eigenvalue weighted by Crippen LogP contribution is 2.14. The molecule has 2 rings (SSSR count). The van der Waals surface area contributed by atoms with Gasteiger partial charge in [-0.2, -0.15) is 0 Å². The number of hydrogen-bond donors (Lipinski definition) is 0. The Balaban J connectivity index is 1.96. The Morgan fingerprint density at radius 1 is 1.45 bits per heavy atom. The Hall–Kier alpha value is -1.59. The van der Waals surface area contributed by atoms with Crippen molar-refractivity contribution in [1.29, 1.82) is 0 Å². The second-order valence-electron chi connectivity index (χ2n) is 4.92. The maximum absolute atomic E-state index is 13.6. The zero-order valence-electron chi connectivity index (χ0n) is 11.5. The lowest BCUT2D eigenvalue weighted by molar-refractivity contribution is 0.0896. The van der Waals surface area contributed by atoms with E-state index in [9.17, 15) is 9.18 Å². The van der Waals surface area contributed by atoms with Crippen LogP contribution in [0.2, 0.25) is 0 Å². The molecule has 1 unspecified atom stereocenters. The van der Waals surface area contributed by atoms with Gasteiger partial charge in [0.25, 0.3) is 0 Å². The first kappa shape index (κ1) is 14.8. The van der Waals surface area contributed by atoms with Gasteiger partial charge >= 0.3 is 0 Å². The number of halogens is 1. The van der Waals surface area contributed by atoms with E-state index in [1.54, 1.807) is 29.0 Å². The van der Waals surface area contributed by atoms with Gasteiger partial charge in [-0.05, 0) is 19.2 Å². The number of ketones is 1. The maximum Gasteiger partial charge on any atom is 0.169 e. The number of Topliss-reactive ketones (excluding diaryl/α,β-unsaturated/α-hetero) is 1. The number of benzene rings is 1. The Morgan fingerprint density at radius 3 is 2.85 bits per heavy atom. The van der Waals surface area contributed by atoms with Gasteiger partial charge in [-0.1, -0.05) is 19.1 Å². The van der Waals surface area contributed by atoms with E-state index in [0.29, 0.717) is 13.1 Å². The Labute approximate surface area is 122 Å². The molecule has 0 aliphatic carbocycles. The van der Waals surface area contributed by atoms with Crippen LogP contribution in [0.25, 0.3) is 0 Å². The Morgan fingerprint density at radius 2 is 2.20 bits per heavy atom. The van der Waals surface area contributed by atoms with Crippen molar-refractivity contribution >= 4 is 17.1 Å². The van der Waals surface area contributed by atoms with Crippen LogP contribution in [0, 0.1) is 11.7 Å². The summed E-state index contributed by atoms with van der Waals surface area (Å²) in [5.74, 6) is -0.865. The van der Waals surface area contributed by atoms with Gasteiger partial charge in [0.05, 0.1) is 16.8 Å².